The molecule has 0 radical (unpaired) electrons. The van der Waals surface area contributed by atoms with Gasteiger partial charge in [0.1, 0.15) is 11.6 Å². The molecule has 2 rings (SSSR count). The number of piperazine rings is 1. The summed E-state index contributed by atoms with van der Waals surface area (Å²) in [6, 6.07) is -0.318. The molecule has 1 aliphatic heterocycles. The molecular weight excluding hydrogens is 204 g/mol. The van der Waals surface area contributed by atoms with E-state index in [-0.39, 0.29) is 17.9 Å². The molecule has 0 aromatic carbocycles. The first-order valence-electron chi connectivity index (χ1n) is 6.05. The van der Waals surface area contributed by atoms with Crippen LogP contribution in [0.5, 0.6) is 0 Å². The zero-order valence-corrected chi connectivity index (χ0v) is 10.2. The molecule has 2 amide bonds. The van der Waals surface area contributed by atoms with Crippen molar-refractivity contribution in [2.45, 2.75) is 51.6 Å². The molecule has 0 aromatic heterocycles. The number of carbonyl (C=O) groups is 2. The van der Waals surface area contributed by atoms with Gasteiger partial charge in [0.25, 0.3) is 0 Å². The summed E-state index contributed by atoms with van der Waals surface area (Å²) in [6.07, 6.45) is 3.65. The van der Waals surface area contributed by atoms with Gasteiger partial charge in [0.2, 0.25) is 11.8 Å². The van der Waals surface area contributed by atoms with Crippen molar-refractivity contribution >= 4 is 11.8 Å². The van der Waals surface area contributed by atoms with Crippen LogP contribution in [-0.4, -0.2) is 34.8 Å². The van der Waals surface area contributed by atoms with Crippen molar-refractivity contribution < 1.29 is 9.59 Å². The highest BCUT2D eigenvalue weighted by atomic mass is 16.2. The van der Waals surface area contributed by atoms with Crippen molar-refractivity contribution in [2.75, 3.05) is 6.54 Å². The van der Waals surface area contributed by atoms with Crippen molar-refractivity contribution in [1.29, 1.82) is 0 Å². The van der Waals surface area contributed by atoms with E-state index in [0.717, 1.165) is 6.54 Å². The number of hydrogen-bond acceptors (Lipinski definition) is 2. The maximum absolute atomic E-state index is 12.2. The van der Waals surface area contributed by atoms with E-state index in [1.165, 1.54) is 19.3 Å². The Bertz CT molecular complexity index is 321. The molecule has 0 bridgehead atoms. The fourth-order valence-electron chi connectivity index (χ4n) is 2.34. The Morgan fingerprint density at radius 2 is 2.00 bits per heavy atom. The molecule has 2 fully saturated rings. The van der Waals surface area contributed by atoms with Gasteiger partial charge in [0, 0.05) is 6.54 Å². The molecule has 4 nitrogen and oxygen atoms in total. The first kappa shape index (κ1) is 11.4. The van der Waals surface area contributed by atoms with Gasteiger partial charge in [-0.1, -0.05) is 6.42 Å². The Morgan fingerprint density at radius 1 is 1.38 bits per heavy atom. The molecular formula is C12H20N2O2. The van der Waals surface area contributed by atoms with Crippen LogP contribution in [0.1, 0.15) is 40.0 Å². The van der Waals surface area contributed by atoms with Gasteiger partial charge in [-0.05, 0) is 39.5 Å². The average Bonchev–Trinajstić information content (AvgIpc) is 2.12. The maximum Gasteiger partial charge on any atom is 0.248 e. The molecule has 1 N–H and O–H groups in total. The standard InChI is InChI=1S/C12H20N2O2/c1-8-10(15)13-12(2,3)11(16)14(8)7-9-5-4-6-9/h8-9H,4-7H2,1-3H3,(H,13,15). The summed E-state index contributed by atoms with van der Waals surface area (Å²) in [5.41, 5.74) is -0.743. The Labute approximate surface area is 96.4 Å². The van der Waals surface area contributed by atoms with E-state index in [4.69, 9.17) is 0 Å². The lowest BCUT2D eigenvalue weighted by molar-refractivity contribution is -0.153. The molecule has 2 aliphatic rings. The van der Waals surface area contributed by atoms with Gasteiger partial charge in [-0.25, -0.2) is 0 Å². The summed E-state index contributed by atoms with van der Waals surface area (Å²) in [7, 11) is 0. The molecule has 0 spiro atoms. The van der Waals surface area contributed by atoms with Crippen LogP contribution in [0.4, 0.5) is 0 Å². The largest absolute Gasteiger partial charge is 0.340 e. The normalized spacial score (nSPS) is 29.9. The fourth-order valence-corrected chi connectivity index (χ4v) is 2.34. The predicted octanol–water partition coefficient (Wildman–Crippen LogP) is 0.912. The molecule has 16 heavy (non-hydrogen) atoms. The van der Waals surface area contributed by atoms with Gasteiger partial charge in [-0.3, -0.25) is 9.59 Å². The predicted molar refractivity (Wildman–Crippen MR) is 60.7 cm³/mol. The second-order valence-electron chi connectivity index (χ2n) is 5.54. The average molecular weight is 224 g/mol. The molecule has 1 aliphatic carbocycles. The fraction of sp³-hybridized carbons (Fsp3) is 0.833. The van der Waals surface area contributed by atoms with Crippen LogP contribution in [0.2, 0.25) is 0 Å². The number of rotatable bonds is 2. The third-order valence-electron chi connectivity index (χ3n) is 3.76. The van der Waals surface area contributed by atoms with Crippen LogP contribution >= 0.6 is 0 Å². The minimum absolute atomic E-state index is 0.0380. The second kappa shape index (κ2) is 3.75. The summed E-state index contributed by atoms with van der Waals surface area (Å²) in [5, 5.41) is 2.76. The van der Waals surface area contributed by atoms with E-state index >= 15 is 0 Å². The lowest BCUT2D eigenvalue weighted by atomic mass is 9.84. The maximum atomic E-state index is 12.2. The summed E-state index contributed by atoms with van der Waals surface area (Å²) in [5.74, 6) is 0.614. The van der Waals surface area contributed by atoms with E-state index in [1.54, 1.807) is 25.7 Å². The number of carbonyl (C=O) groups excluding carboxylic acids is 2. The SMILES string of the molecule is CC1C(=O)NC(C)(C)C(=O)N1CC1CCC1. The van der Waals surface area contributed by atoms with Crippen LogP contribution in [0, 0.1) is 5.92 Å². The van der Waals surface area contributed by atoms with Gasteiger partial charge in [0.05, 0.1) is 0 Å². The molecule has 4 heteroatoms. The van der Waals surface area contributed by atoms with Crippen LogP contribution in [0.25, 0.3) is 0 Å². The highest BCUT2D eigenvalue weighted by molar-refractivity contribution is 5.99. The quantitative estimate of drug-likeness (QED) is 0.758. The Morgan fingerprint density at radius 3 is 2.50 bits per heavy atom. The van der Waals surface area contributed by atoms with Crippen LogP contribution in [-0.2, 0) is 9.59 Å². The Kier molecular flexibility index (Phi) is 2.68. The zero-order valence-electron chi connectivity index (χ0n) is 10.2. The summed E-state index contributed by atoms with van der Waals surface area (Å²) < 4.78 is 0. The highest BCUT2D eigenvalue weighted by Gasteiger charge is 2.44. The molecule has 1 heterocycles. The van der Waals surface area contributed by atoms with Crippen molar-refractivity contribution in [3.05, 3.63) is 0 Å². The molecule has 90 valence electrons. The topological polar surface area (TPSA) is 49.4 Å². The van der Waals surface area contributed by atoms with Crippen molar-refractivity contribution in [2.24, 2.45) is 5.92 Å². The van der Waals surface area contributed by atoms with Gasteiger partial charge in [-0.2, -0.15) is 0 Å². The monoisotopic (exact) mass is 224 g/mol. The number of hydrogen-bond donors (Lipinski definition) is 1. The van der Waals surface area contributed by atoms with Gasteiger partial charge < -0.3 is 10.2 Å². The number of nitrogens with zero attached hydrogens (tertiary/aromatic N) is 1. The Balaban J connectivity index is 2.12. The molecule has 1 saturated heterocycles. The minimum Gasteiger partial charge on any atom is -0.340 e. The zero-order chi connectivity index (χ0) is 11.9. The second-order valence-corrected chi connectivity index (χ2v) is 5.54. The molecule has 1 saturated carbocycles. The van der Waals surface area contributed by atoms with Gasteiger partial charge >= 0.3 is 0 Å². The van der Waals surface area contributed by atoms with Crippen molar-refractivity contribution in [1.82, 2.24) is 10.2 Å². The van der Waals surface area contributed by atoms with E-state index in [2.05, 4.69) is 5.32 Å². The van der Waals surface area contributed by atoms with E-state index in [0.29, 0.717) is 5.92 Å². The first-order chi connectivity index (χ1) is 7.42. The number of nitrogens with one attached hydrogen (secondary N) is 1. The van der Waals surface area contributed by atoms with Crippen LogP contribution < -0.4 is 5.32 Å². The Hall–Kier alpha value is -1.06. The molecule has 0 aromatic rings. The summed E-state index contributed by atoms with van der Waals surface area (Å²) >= 11 is 0. The smallest absolute Gasteiger partial charge is 0.248 e. The van der Waals surface area contributed by atoms with Crippen LogP contribution in [0.3, 0.4) is 0 Å². The summed E-state index contributed by atoms with van der Waals surface area (Å²) in [6.45, 7) is 6.10. The van der Waals surface area contributed by atoms with E-state index in [9.17, 15) is 9.59 Å². The first-order valence-corrected chi connectivity index (χ1v) is 6.05. The molecule has 1 atom stereocenters. The summed E-state index contributed by atoms with van der Waals surface area (Å²) in [4.78, 5) is 25.7. The molecule has 1 unspecified atom stereocenters. The highest BCUT2D eigenvalue weighted by Crippen LogP contribution is 2.29. The van der Waals surface area contributed by atoms with E-state index < -0.39 is 5.54 Å². The lowest BCUT2D eigenvalue weighted by Crippen LogP contribution is -2.68. The lowest BCUT2D eigenvalue weighted by Gasteiger charge is -2.44. The minimum atomic E-state index is -0.743. The van der Waals surface area contributed by atoms with Crippen LogP contribution in [0.15, 0.2) is 0 Å². The third-order valence-corrected chi connectivity index (χ3v) is 3.76. The van der Waals surface area contributed by atoms with Crippen molar-refractivity contribution in [3.63, 3.8) is 0 Å². The van der Waals surface area contributed by atoms with E-state index in [1.807, 2.05) is 0 Å². The third kappa shape index (κ3) is 1.81. The van der Waals surface area contributed by atoms with Crippen molar-refractivity contribution in [3.8, 4) is 0 Å². The van der Waals surface area contributed by atoms with Gasteiger partial charge in [0.15, 0.2) is 0 Å². The number of amides is 2. The van der Waals surface area contributed by atoms with Gasteiger partial charge in [-0.15, -0.1) is 0 Å².